The van der Waals surface area contributed by atoms with Crippen molar-refractivity contribution in [2.75, 3.05) is 29.7 Å². The van der Waals surface area contributed by atoms with Gasteiger partial charge in [0.25, 0.3) is 23.6 Å². The van der Waals surface area contributed by atoms with Gasteiger partial charge in [-0.05, 0) is 38.1 Å². The number of hydrogen-bond donors (Lipinski definition) is 0. The zero-order valence-corrected chi connectivity index (χ0v) is 21.7. The van der Waals surface area contributed by atoms with E-state index in [2.05, 4.69) is 15.0 Å². The standard InChI is InChI=1S/C25H22N6O4S2/c1-3-29(4-2)23-26-24(36-13-30-19(32)15-9-5-6-10-16(15)20(30)33)28-25(27-23)37-14-31-21(34)17-11-7-8-12-18(17)22(31)35/h5-12H,3-4,13-14H2,1-2H3. The molecule has 0 unspecified atom stereocenters. The minimum Gasteiger partial charge on any atom is -0.341 e. The van der Waals surface area contributed by atoms with Crippen molar-refractivity contribution < 1.29 is 19.2 Å². The second-order valence-electron chi connectivity index (χ2n) is 8.09. The number of anilines is 1. The molecule has 2 aliphatic rings. The fourth-order valence-corrected chi connectivity index (χ4v) is 5.67. The number of aromatic nitrogens is 3. The number of thioether (sulfide) groups is 2. The third kappa shape index (κ3) is 4.58. The molecule has 0 saturated carbocycles. The molecule has 4 amide bonds. The van der Waals surface area contributed by atoms with Crippen LogP contribution in [0.5, 0.6) is 0 Å². The van der Waals surface area contributed by atoms with Crippen molar-refractivity contribution in [1.29, 1.82) is 0 Å². The number of imide groups is 2. The van der Waals surface area contributed by atoms with Crippen LogP contribution >= 0.6 is 23.5 Å². The van der Waals surface area contributed by atoms with E-state index in [1.165, 1.54) is 9.80 Å². The van der Waals surface area contributed by atoms with E-state index >= 15 is 0 Å². The van der Waals surface area contributed by atoms with Crippen LogP contribution in [0.1, 0.15) is 55.3 Å². The van der Waals surface area contributed by atoms with Crippen molar-refractivity contribution in [1.82, 2.24) is 24.8 Å². The lowest BCUT2D eigenvalue weighted by molar-refractivity contribution is 0.0668. The molecule has 0 aliphatic carbocycles. The van der Waals surface area contributed by atoms with Crippen molar-refractivity contribution in [3.63, 3.8) is 0 Å². The molecule has 12 heteroatoms. The highest BCUT2D eigenvalue weighted by Gasteiger charge is 2.36. The van der Waals surface area contributed by atoms with E-state index in [1.54, 1.807) is 48.5 Å². The summed E-state index contributed by atoms with van der Waals surface area (Å²) in [7, 11) is 0. The molecule has 2 aromatic carbocycles. The summed E-state index contributed by atoms with van der Waals surface area (Å²) in [5, 5.41) is 0.664. The van der Waals surface area contributed by atoms with Crippen LogP contribution in [0.2, 0.25) is 0 Å². The van der Waals surface area contributed by atoms with E-state index in [1.807, 2.05) is 18.7 Å². The molecular weight excluding hydrogens is 512 g/mol. The van der Waals surface area contributed by atoms with Gasteiger partial charge in [0.1, 0.15) is 0 Å². The number of amides is 4. The summed E-state index contributed by atoms with van der Waals surface area (Å²) in [6, 6.07) is 13.4. The molecule has 2 aliphatic heterocycles. The lowest BCUT2D eigenvalue weighted by Crippen LogP contribution is -2.30. The molecule has 3 aromatic rings. The Morgan fingerprint density at radius 3 is 1.30 bits per heavy atom. The summed E-state index contributed by atoms with van der Waals surface area (Å²) in [4.78, 5) is 68.7. The molecule has 0 N–H and O–H groups in total. The first-order valence-electron chi connectivity index (χ1n) is 11.6. The molecule has 0 spiro atoms. The summed E-state index contributed by atoms with van der Waals surface area (Å²) >= 11 is 2.29. The van der Waals surface area contributed by atoms with Crippen molar-refractivity contribution in [3.05, 3.63) is 70.8 Å². The topological polar surface area (TPSA) is 117 Å². The lowest BCUT2D eigenvalue weighted by Gasteiger charge is -2.20. The maximum absolute atomic E-state index is 12.7. The Balaban J connectivity index is 1.34. The van der Waals surface area contributed by atoms with Gasteiger partial charge in [-0.1, -0.05) is 47.8 Å². The molecule has 0 atom stereocenters. The van der Waals surface area contributed by atoms with Crippen LogP contribution in [-0.2, 0) is 0 Å². The van der Waals surface area contributed by atoms with Crippen molar-refractivity contribution in [3.8, 4) is 0 Å². The average molecular weight is 535 g/mol. The van der Waals surface area contributed by atoms with Crippen LogP contribution in [0.15, 0.2) is 58.8 Å². The first kappa shape index (κ1) is 24.9. The van der Waals surface area contributed by atoms with E-state index in [4.69, 9.17) is 0 Å². The van der Waals surface area contributed by atoms with E-state index in [0.717, 1.165) is 23.5 Å². The highest BCUT2D eigenvalue weighted by Crippen LogP contribution is 2.29. The maximum Gasteiger partial charge on any atom is 0.262 e. The number of carbonyl (C=O) groups is 4. The van der Waals surface area contributed by atoms with Gasteiger partial charge in [0.15, 0.2) is 10.3 Å². The Morgan fingerprint density at radius 1 is 0.622 bits per heavy atom. The molecule has 0 radical (unpaired) electrons. The fourth-order valence-electron chi connectivity index (χ4n) is 4.06. The van der Waals surface area contributed by atoms with Crippen LogP contribution in [0.3, 0.4) is 0 Å². The summed E-state index contributed by atoms with van der Waals surface area (Å²) in [6.07, 6.45) is 0. The van der Waals surface area contributed by atoms with Gasteiger partial charge in [0.05, 0.1) is 34.0 Å². The number of carbonyl (C=O) groups excluding carboxylic acids is 4. The van der Waals surface area contributed by atoms with Crippen LogP contribution in [-0.4, -0.2) is 73.2 Å². The first-order chi connectivity index (χ1) is 17.9. The predicted molar refractivity (Wildman–Crippen MR) is 139 cm³/mol. The molecule has 0 bridgehead atoms. The Labute approximate surface area is 221 Å². The Bertz CT molecular complexity index is 1260. The van der Waals surface area contributed by atoms with E-state index in [-0.39, 0.29) is 35.4 Å². The van der Waals surface area contributed by atoms with E-state index in [0.29, 0.717) is 51.6 Å². The van der Waals surface area contributed by atoms with E-state index in [9.17, 15) is 19.2 Å². The van der Waals surface area contributed by atoms with Crippen molar-refractivity contribution in [2.45, 2.75) is 24.2 Å². The van der Waals surface area contributed by atoms with Gasteiger partial charge in [0, 0.05) is 13.1 Å². The third-order valence-corrected chi connectivity index (χ3v) is 7.69. The second kappa shape index (κ2) is 10.3. The molecule has 10 nitrogen and oxygen atoms in total. The van der Waals surface area contributed by atoms with Gasteiger partial charge in [-0.15, -0.1) is 0 Å². The molecular formula is C25H22N6O4S2. The Kier molecular flexibility index (Phi) is 6.94. The minimum absolute atomic E-state index is 0.0383. The van der Waals surface area contributed by atoms with E-state index < -0.39 is 0 Å². The van der Waals surface area contributed by atoms with Crippen LogP contribution < -0.4 is 4.90 Å². The van der Waals surface area contributed by atoms with Crippen LogP contribution in [0, 0.1) is 0 Å². The summed E-state index contributed by atoms with van der Waals surface area (Å²) in [5.74, 6) is -0.905. The molecule has 37 heavy (non-hydrogen) atoms. The summed E-state index contributed by atoms with van der Waals surface area (Å²) < 4.78 is 0. The fraction of sp³-hybridized carbons (Fsp3) is 0.240. The zero-order chi connectivity index (χ0) is 26.1. The first-order valence-corrected chi connectivity index (χ1v) is 13.6. The second-order valence-corrected chi connectivity index (χ2v) is 9.91. The van der Waals surface area contributed by atoms with Gasteiger partial charge < -0.3 is 4.90 Å². The largest absolute Gasteiger partial charge is 0.341 e. The maximum atomic E-state index is 12.7. The van der Waals surface area contributed by atoms with Crippen molar-refractivity contribution in [2.24, 2.45) is 0 Å². The van der Waals surface area contributed by atoms with Crippen molar-refractivity contribution >= 4 is 53.1 Å². The average Bonchev–Trinajstić information content (AvgIpc) is 3.31. The molecule has 0 fully saturated rings. The Hall–Kier alpha value is -3.77. The minimum atomic E-state index is -0.355. The summed E-state index contributed by atoms with van der Waals surface area (Å²) in [5.41, 5.74) is 1.52. The quantitative estimate of drug-likeness (QED) is 0.299. The summed E-state index contributed by atoms with van der Waals surface area (Å²) in [6.45, 7) is 5.27. The van der Waals surface area contributed by atoms with Crippen LogP contribution in [0.25, 0.3) is 0 Å². The number of benzene rings is 2. The third-order valence-electron chi connectivity index (χ3n) is 6.03. The van der Waals surface area contributed by atoms with Gasteiger partial charge >= 0.3 is 0 Å². The SMILES string of the molecule is CCN(CC)c1nc(SCN2C(=O)c3ccccc3C2=O)nc(SCN2C(=O)c3ccccc3C2=O)n1. The number of hydrogen-bond acceptors (Lipinski definition) is 10. The number of rotatable bonds is 9. The molecule has 3 heterocycles. The smallest absolute Gasteiger partial charge is 0.262 e. The predicted octanol–water partition coefficient (Wildman–Crippen LogP) is 3.41. The molecule has 1 aromatic heterocycles. The molecule has 188 valence electrons. The lowest BCUT2D eigenvalue weighted by atomic mass is 10.1. The van der Waals surface area contributed by atoms with Gasteiger partial charge in [0.2, 0.25) is 5.95 Å². The van der Waals surface area contributed by atoms with Gasteiger partial charge in [-0.2, -0.15) is 15.0 Å². The molecule has 5 rings (SSSR count). The highest BCUT2D eigenvalue weighted by molar-refractivity contribution is 7.99. The van der Waals surface area contributed by atoms with Crippen LogP contribution in [0.4, 0.5) is 5.95 Å². The molecule has 0 saturated heterocycles. The zero-order valence-electron chi connectivity index (χ0n) is 20.1. The monoisotopic (exact) mass is 534 g/mol. The highest BCUT2D eigenvalue weighted by atomic mass is 32.2. The van der Waals surface area contributed by atoms with Gasteiger partial charge in [-0.25, -0.2) is 0 Å². The number of nitrogens with zero attached hydrogens (tertiary/aromatic N) is 6. The normalized spacial score (nSPS) is 14.4. The van der Waals surface area contributed by atoms with Gasteiger partial charge in [-0.3, -0.25) is 29.0 Å². The Morgan fingerprint density at radius 2 is 0.973 bits per heavy atom. The number of fused-ring (bicyclic) bond motifs is 2.